The van der Waals surface area contributed by atoms with Crippen LogP contribution in [0.2, 0.25) is 0 Å². The first kappa shape index (κ1) is 20.2. The van der Waals surface area contributed by atoms with Crippen molar-refractivity contribution in [3.63, 3.8) is 0 Å². The van der Waals surface area contributed by atoms with Gasteiger partial charge in [0.25, 0.3) is 5.91 Å². The average Bonchev–Trinajstić information content (AvgIpc) is 3.54. The molecule has 3 aromatic carbocycles. The maximum absolute atomic E-state index is 13.4. The van der Waals surface area contributed by atoms with Crippen LogP contribution in [0.1, 0.15) is 46.1 Å². The predicted molar refractivity (Wildman–Crippen MR) is 124 cm³/mol. The van der Waals surface area contributed by atoms with E-state index in [-0.39, 0.29) is 11.9 Å². The van der Waals surface area contributed by atoms with Gasteiger partial charge in [0, 0.05) is 13.1 Å². The molecule has 5 nitrogen and oxygen atoms in total. The molecule has 0 N–H and O–H groups in total. The number of carbonyl (C=O) groups is 1. The van der Waals surface area contributed by atoms with E-state index in [0.29, 0.717) is 18.2 Å². The van der Waals surface area contributed by atoms with Gasteiger partial charge in [0.15, 0.2) is 5.69 Å². The number of carbonyl (C=O) groups excluding carboxylic acids is 1. The Hall–Kier alpha value is -3.73. The van der Waals surface area contributed by atoms with Gasteiger partial charge in [0.1, 0.15) is 6.04 Å². The maximum Gasteiger partial charge on any atom is 0.276 e. The van der Waals surface area contributed by atoms with Crippen molar-refractivity contribution in [2.45, 2.75) is 25.4 Å². The Labute approximate surface area is 188 Å². The molecular formula is C27H26N4O. The minimum atomic E-state index is -0.141. The highest BCUT2D eigenvalue weighted by Crippen LogP contribution is 2.31. The molecule has 1 aliphatic carbocycles. The summed E-state index contributed by atoms with van der Waals surface area (Å²) in [7, 11) is 0. The second kappa shape index (κ2) is 9.18. The summed E-state index contributed by atoms with van der Waals surface area (Å²) in [6.07, 6.45) is 4.17. The average molecular weight is 423 g/mol. The van der Waals surface area contributed by atoms with Crippen molar-refractivity contribution in [1.82, 2.24) is 19.9 Å². The van der Waals surface area contributed by atoms with Gasteiger partial charge in [-0.25, -0.2) is 4.68 Å². The van der Waals surface area contributed by atoms with Crippen LogP contribution < -0.4 is 0 Å². The summed E-state index contributed by atoms with van der Waals surface area (Å²) in [5, 5.41) is 8.69. The third kappa shape index (κ3) is 4.62. The highest BCUT2D eigenvalue weighted by atomic mass is 16.2. The Bertz CT molecular complexity index is 1110. The molecule has 1 aliphatic rings. The highest BCUT2D eigenvalue weighted by Gasteiger charge is 2.29. The van der Waals surface area contributed by atoms with E-state index in [1.54, 1.807) is 10.9 Å². The quantitative estimate of drug-likeness (QED) is 0.403. The lowest BCUT2D eigenvalue weighted by atomic mass is 9.99. The second-order valence-electron chi connectivity index (χ2n) is 8.42. The van der Waals surface area contributed by atoms with Crippen molar-refractivity contribution in [2.75, 3.05) is 6.54 Å². The first-order valence-corrected chi connectivity index (χ1v) is 11.1. The highest BCUT2D eigenvalue weighted by molar-refractivity contribution is 5.92. The lowest BCUT2D eigenvalue weighted by molar-refractivity contribution is 0.0728. The van der Waals surface area contributed by atoms with E-state index in [1.165, 1.54) is 12.8 Å². The Kier molecular flexibility index (Phi) is 5.79. The zero-order valence-electron chi connectivity index (χ0n) is 17.9. The van der Waals surface area contributed by atoms with Crippen LogP contribution in [-0.2, 0) is 6.54 Å². The molecule has 1 saturated carbocycles. The zero-order chi connectivity index (χ0) is 21.8. The third-order valence-corrected chi connectivity index (χ3v) is 5.90. The molecule has 0 bridgehead atoms. The Morgan fingerprint density at radius 1 is 0.875 bits per heavy atom. The van der Waals surface area contributed by atoms with Crippen molar-refractivity contribution in [3.05, 3.63) is 120 Å². The molecule has 4 aromatic rings. The van der Waals surface area contributed by atoms with Crippen LogP contribution in [0.5, 0.6) is 0 Å². The van der Waals surface area contributed by atoms with Crippen molar-refractivity contribution in [1.29, 1.82) is 0 Å². The molecule has 5 heteroatoms. The van der Waals surface area contributed by atoms with Crippen molar-refractivity contribution in [3.8, 4) is 0 Å². The van der Waals surface area contributed by atoms with E-state index in [4.69, 9.17) is 0 Å². The molecule has 0 saturated heterocycles. The molecule has 0 atom stereocenters. The lowest BCUT2D eigenvalue weighted by Gasteiger charge is -2.22. The number of hydrogen-bond donors (Lipinski definition) is 0. The summed E-state index contributed by atoms with van der Waals surface area (Å²) in [5.41, 5.74) is 3.71. The van der Waals surface area contributed by atoms with Gasteiger partial charge in [0.2, 0.25) is 0 Å². The molecule has 0 radical (unpaired) electrons. The van der Waals surface area contributed by atoms with Gasteiger partial charge >= 0.3 is 0 Å². The third-order valence-electron chi connectivity index (χ3n) is 5.90. The summed E-state index contributed by atoms with van der Waals surface area (Å²) < 4.78 is 1.80. The van der Waals surface area contributed by atoms with Gasteiger partial charge in [-0.15, -0.1) is 5.10 Å². The number of hydrogen-bond acceptors (Lipinski definition) is 3. The molecule has 1 aromatic heterocycles. The number of amides is 1. The number of aromatic nitrogens is 3. The summed E-state index contributed by atoms with van der Waals surface area (Å²) in [5.74, 6) is 0.533. The SMILES string of the molecule is O=C(c1cn(C(c2ccccc2)c2ccccc2)nn1)N(Cc1ccccc1)CC1CC1. The lowest BCUT2D eigenvalue weighted by Crippen LogP contribution is -2.32. The van der Waals surface area contributed by atoms with E-state index in [1.807, 2.05) is 59.5 Å². The van der Waals surface area contributed by atoms with Crippen molar-refractivity contribution < 1.29 is 4.79 Å². The fourth-order valence-corrected chi connectivity index (χ4v) is 4.07. The minimum absolute atomic E-state index is 0.0631. The zero-order valence-corrected chi connectivity index (χ0v) is 17.9. The first-order chi connectivity index (χ1) is 15.8. The second-order valence-corrected chi connectivity index (χ2v) is 8.42. The van der Waals surface area contributed by atoms with E-state index in [9.17, 15) is 4.79 Å². The molecule has 0 spiro atoms. The standard InChI is InChI=1S/C27H26N4O/c32-27(30(19-22-16-17-22)18-21-10-4-1-5-11-21)25-20-31(29-28-25)26(23-12-6-2-7-13-23)24-14-8-3-9-15-24/h1-15,20,22,26H,16-19H2. The van der Waals surface area contributed by atoms with Crippen molar-refractivity contribution >= 4 is 5.91 Å². The van der Waals surface area contributed by atoms with E-state index in [0.717, 1.165) is 23.2 Å². The molecule has 1 heterocycles. The molecule has 1 amide bonds. The maximum atomic E-state index is 13.4. The largest absolute Gasteiger partial charge is 0.333 e. The molecule has 160 valence electrons. The van der Waals surface area contributed by atoms with Crippen LogP contribution in [-0.4, -0.2) is 32.3 Å². The number of nitrogens with zero attached hydrogens (tertiary/aromatic N) is 4. The van der Waals surface area contributed by atoms with Crippen LogP contribution >= 0.6 is 0 Å². The molecule has 0 aliphatic heterocycles. The van der Waals surface area contributed by atoms with E-state index < -0.39 is 0 Å². The Morgan fingerprint density at radius 3 is 2.00 bits per heavy atom. The Balaban J connectivity index is 1.44. The van der Waals surface area contributed by atoms with Gasteiger partial charge in [-0.1, -0.05) is 96.2 Å². The van der Waals surface area contributed by atoms with Crippen LogP contribution in [0.4, 0.5) is 0 Å². The minimum Gasteiger partial charge on any atom is -0.333 e. The first-order valence-electron chi connectivity index (χ1n) is 11.1. The molecule has 0 unspecified atom stereocenters. The van der Waals surface area contributed by atoms with E-state index in [2.05, 4.69) is 46.7 Å². The van der Waals surface area contributed by atoms with Gasteiger partial charge in [0.05, 0.1) is 6.20 Å². The smallest absolute Gasteiger partial charge is 0.276 e. The van der Waals surface area contributed by atoms with E-state index >= 15 is 0 Å². The van der Waals surface area contributed by atoms with Crippen LogP contribution in [0.15, 0.2) is 97.2 Å². The number of benzene rings is 3. The fourth-order valence-electron chi connectivity index (χ4n) is 4.07. The fraction of sp³-hybridized carbons (Fsp3) is 0.222. The van der Waals surface area contributed by atoms with Gasteiger partial charge in [-0.2, -0.15) is 0 Å². The predicted octanol–water partition coefficient (Wildman–Crippen LogP) is 4.97. The van der Waals surface area contributed by atoms with Crippen LogP contribution in [0.3, 0.4) is 0 Å². The summed E-state index contributed by atoms with van der Waals surface area (Å²) >= 11 is 0. The molecule has 5 rings (SSSR count). The van der Waals surface area contributed by atoms with Gasteiger partial charge in [-0.3, -0.25) is 4.79 Å². The monoisotopic (exact) mass is 422 g/mol. The Morgan fingerprint density at radius 2 is 1.44 bits per heavy atom. The van der Waals surface area contributed by atoms with Crippen molar-refractivity contribution in [2.24, 2.45) is 5.92 Å². The van der Waals surface area contributed by atoms with Crippen LogP contribution in [0, 0.1) is 5.92 Å². The normalized spacial score (nSPS) is 13.3. The molecule has 1 fully saturated rings. The van der Waals surface area contributed by atoms with Gasteiger partial charge < -0.3 is 4.90 Å². The molecule has 32 heavy (non-hydrogen) atoms. The molecular weight excluding hydrogens is 396 g/mol. The van der Waals surface area contributed by atoms with Gasteiger partial charge in [-0.05, 0) is 35.4 Å². The summed E-state index contributed by atoms with van der Waals surface area (Å²) in [6, 6.07) is 30.4. The summed E-state index contributed by atoms with van der Waals surface area (Å²) in [6.45, 7) is 1.35. The number of rotatable bonds is 8. The topological polar surface area (TPSA) is 51.0 Å². The summed E-state index contributed by atoms with van der Waals surface area (Å²) in [4.78, 5) is 15.3. The van der Waals surface area contributed by atoms with Crippen LogP contribution in [0.25, 0.3) is 0 Å².